The number of rotatable bonds is 5. The standard InChI is InChI=1S/C33H25NO11/c34-24(40)10-9-19-20(38)13-23-26(29(19)41)31(43)28(33(45-23)15-3-7-17(36)8-4-15)27-30(42)25-21(39)11-18(37)12-22(25)44-32(27)14-1-5-16(35)6-2-14/h1-13,27-28,32-33,35-39,41H,(H2,34,40)/t27-,28-,32+,33+/m0/s1. The summed E-state index contributed by atoms with van der Waals surface area (Å²) >= 11 is 0. The third-order valence-electron chi connectivity index (χ3n) is 7.85. The minimum absolute atomic E-state index is 0.0811. The maximum absolute atomic E-state index is 14.6. The number of primary amides is 1. The zero-order valence-electron chi connectivity index (χ0n) is 23.1. The molecule has 228 valence electrons. The summed E-state index contributed by atoms with van der Waals surface area (Å²) < 4.78 is 12.4. The number of hydrogen-bond donors (Lipinski definition) is 7. The highest BCUT2D eigenvalue weighted by Gasteiger charge is 2.53. The molecule has 0 unspecified atom stereocenters. The first-order chi connectivity index (χ1) is 21.4. The number of phenolic OH excluding ortho intramolecular Hbond substituents is 6. The van der Waals surface area contributed by atoms with Crippen molar-refractivity contribution in [2.45, 2.75) is 12.2 Å². The van der Waals surface area contributed by atoms with Crippen molar-refractivity contribution in [1.82, 2.24) is 0 Å². The Balaban J connectivity index is 1.60. The van der Waals surface area contributed by atoms with Gasteiger partial charge in [-0.3, -0.25) is 14.4 Å². The fraction of sp³-hybridized carbons (Fsp3) is 0.121. The Kier molecular flexibility index (Phi) is 6.96. The van der Waals surface area contributed by atoms with E-state index in [9.17, 15) is 45.0 Å². The molecule has 0 aliphatic carbocycles. The van der Waals surface area contributed by atoms with Crippen LogP contribution in [0, 0.1) is 11.8 Å². The molecule has 0 radical (unpaired) electrons. The summed E-state index contributed by atoms with van der Waals surface area (Å²) in [4.78, 5) is 40.3. The average Bonchev–Trinajstić information content (AvgIpc) is 2.97. The first-order valence-electron chi connectivity index (χ1n) is 13.6. The van der Waals surface area contributed by atoms with E-state index < -0.39 is 64.3 Å². The predicted molar refractivity (Wildman–Crippen MR) is 156 cm³/mol. The molecule has 8 N–H and O–H groups in total. The molecule has 0 fully saturated rings. The Bertz CT molecular complexity index is 1900. The van der Waals surface area contributed by atoms with Crippen LogP contribution in [0.1, 0.15) is 49.6 Å². The topological polar surface area (TPSA) is 217 Å². The van der Waals surface area contributed by atoms with Crippen LogP contribution >= 0.6 is 0 Å². The molecule has 12 nitrogen and oxygen atoms in total. The Morgan fingerprint density at radius 1 is 0.644 bits per heavy atom. The highest BCUT2D eigenvalue weighted by atomic mass is 16.5. The van der Waals surface area contributed by atoms with Gasteiger partial charge in [-0.05, 0) is 41.5 Å². The molecule has 4 aromatic rings. The molecule has 45 heavy (non-hydrogen) atoms. The van der Waals surface area contributed by atoms with Crippen LogP contribution in [0.15, 0.2) is 72.8 Å². The zero-order valence-corrected chi connectivity index (χ0v) is 23.1. The maximum atomic E-state index is 14.6. The minimum atomic E-state index is -1.46. The lowest BCUT2D eigenvalue weighted by Crippen LogP contribution is -2.45. The second-order valence-electron chi connectivity index (χ2n) is 10.6. The van der Waals surface area contributed by atoms with Crippen molar-refractivity contribution in [2.75, 3.05) is 0 Å². The van der Waals surface area contributed by atoms with Crippen molar-refractivity contribution < 1.29 is 54.5 Å². The number of phenols is 6. The Morgan fingerprint density at radius 2 is 1.13 bits per heavy atom. The van der Waals surface area contributed by atoms with Crippen LogP contribution < -0.4 is 15.2 Å². The molecule has 0 aromatic heterocycles. The monoisotopic (exact) mass is 611 g/mol. The van der Waals surface area contributed by atoms with Crippen molar-refractivity contribution in [1.29, 1.82) is 0 Å². The van der Waals surface area contributed by atoms with Crippen LogP contribution in [0.5, 0.6) is 46.0 Å². The molecule has 0 spiro atoms. The number of fused-ring (bicyclic) bond motifs is 2. The van der Waals surface area contributed by atoms with Gasteiger partial charge in [0, 0.05) is 24.3 Å². The second-order valence-corrected chi connectivity index (χ2v) is 10.6. The number of aromatic hydroxyl groups is 6. The molecule has 0 bridgehead atoms. The van der Waals surface area contributed by atoms with Crippen molar-refractivity contribution in [2.24, 2.45) is 17.6 Å². The van der Waals surface area contributed by atoms with E-state index in [-0.39, 0.29) is 39.9 Å². The number of nitrogens with two attached hydrogens (primary N) is 1. The largest absolute Gasteiger partial charge is 0.508 e. The molecule has 0 saturated carbocycles. The normalized spacial score (nSPS) is 20.6. The fourth-order valence-corrected chi connectivity index (χ4v) is 5.84. The van der Waals surface area contributed by atoms with Gasteiger partial charge in [-0.2, -0.15) is 0 Å². The summed E-state index contributed by atoms with van der Waals surface area (Å²) in [5.74, 6) is -8.10. The molecule has 4 aromatic carbocycles. The first-order valence-corrected chi connectivity index (χ1v) is 13.6. The van der Waals surface area contributed by atoms with Crippen LogP contribution in [0.4, 0.5) is 0 Å². The van der Waals surface area contributed by atoms with Gasteiger partial charge in [-0.1, -0.05) is 24.3 Å². The fourth-order valence-electron chi connectivity index (χ4n) is 5.84. The number of carbonyl (C=O) groups excluding carboxylic acids is 3. The smallest absolute Gasteiger partial charge is 0.241 e. The lowest BCUT2D eigenvalue weighted by atomic mass is 9.69. The van der Waals surface area contributed by atoms with Crippen LogP contribution in [-0.2, 0) is 4.79 Å². The summed E-state index contributed by atoms with van der Waals surface area (Å²) in [7, 11) is 0. The van der Waals surface area contributed by atoms with Crippen molar-refractivity contribution in [3.05, 3.63) is 101 Å². The molecule has 0 saturated heterocycles. The molecule has 12 heteroatoms. The van der Waals surface area contributed by atoms with E-state index in [4.69, 9.17) is 15.2 Å². The van der Waals surface area contributed by atoms with Gasteiger partial charge in [0.25, 0.3) is 0 Å². The van der Waals surface area contributed by atoms with Gasteiger partial charge in [-0.25, -0.2) is 0 Å². The highest BCUT2D eigenvalue weighted by Crippen LogP contribution is 2.54. The molecule has 4 atom stereocenters. The number of ketones is 2. The van der Waals surface area contributed by atoms with Gasteiger partial charge in [0.15, 0.2) is 11.6 Å². The van der Waals surface area contributed by atoms with Gasteiger partial charge < -0.3 is 45.8 Å². The van der Waals surface area contributed by atoms with E-state index in [1.165, 1.54) is 48.5 Å². The quantitative estimate of drug-likeness (QED) is 0.160. The Morgan fingerprint density at radius 3 is 1.64 bits per heavy atom. The van der Waals surface area contributed by atoms with Crippen molar-refractivity contribution in [3.8, 4) is 46.0 Å². The van der Waals surface area contributed by atoms with E-state index in [1.54, 1.807) is 0 Å². The second kappa shape index (κ2) is 10.8. The van der Waals surface area contributed by atoms with Gasteiger partial charge >= 0.3 is 0 Å². The lowest BCUT2D eigenvalue weighted by molar-refractivity contribution is -0.113. The predicted octanol–water partition coefficient (Wildman–Crippen LogP) is 3.98. The summed E-state index contributed by atoms with van der Waals surface area (Å²) in [5.41, 5.74) is 4.87. The highest BCUT2D eigenvalue weighted by molar-refractivity contribution is 6.11. The lowest BCUT2D eigenvalue weighted by Gasteiger charge is -2.42. The molecule has 2 heterocycles. The van der Waals surface area contributed by atoms with E-state index in [0.29, 0.717) is 11.1 Å². The van der Waals surface area contributed by atoms with E-state index in [1.807, 2.05) is 0 Å². The van der Waals surface area contributed by atoms with E-state index in [0.717, 1.165) is 30.4 Å². The zero-order chi connectivity index (χ0) is 32.2. The summed E-state index contributed by atoms with van der Waals surface area (Å²) in [6.07, 6.45) is -0.592. The number of Topliss-reactive ketones (excluding diaryl/α,β-unsaturated/α-hetero) is 2. The van der Waals surface area contributed by atoms with Crippen molar-refractivity contribution >= 4 is 23.5 Å². The van der Waals surface area contributed by atoms with E-state index >= 15 is 0 Å². The summed E-state index contributed by atoms with van der Waals surface area (Å²) in [6, 6.07) is 14.5. The molecule has 1 amide bonds. The molecular weight excluding hydrogens is 586 g/mol. The molecule has 2 aliphatic rings. The number of benzene rings is 4. The van der Waals surface area contributed by atoms with Crippen LogP contribution in [0.3, 0.4) is 0 Å². The third kappa shape index (κ3) is 4.97. The van der Waals surface area contributed by atoms with Gasteiger partial charge in [0.1, 0.15) is 69.3 Å². The first kappa shape index (κ1) is 28.9. The Hall–Kier alpha value is -6.17. The van der Waals surface area contributed by atoms with Crippen LogP contribution in [0.25, 0.3) is 6.08 Å². The average molecular weight is 612 g/mol. The minimum Gasteiger partial charge on any atom is -0.508 e. The summed E-state index contributed by atoms with van der Waals surface area (Å²) in [6.45, 7) is 0. The van der Waals surface area contributed by atoms with Crippen LogP contribution in [0.2, 0.25) is 0 Å². The van der Waals surface area contributed by atoms with Gasteiger partial charge in [-0.15, -0.1) is 0 Å². The maximum Gasteiger partial charge on any atom is 0.241 e. The molecule has 2 aliphatic heterocycles. The van der Waals surface area contributed by atoms with Crippen LogP contribution in [-0.4, -0.2) is 48.1 Å². The third-order valence-corrected chi connectivity index (χ3v) is 7.85. The van der Waals surface area contributed by atoms with E-state index in [2.05, 4.69) is 0 Å². The molecular formula is C33H25NO11. The Labute approximate surface area is 254 Å². The summed E-state index contributed by atoms with van der Waals surface area (Å²) in [5, 5.41) is 62.5. The van der Waals surface area contributed by atoms with Gasteiger partial charge in [0.2, 0.25) is 5.91 Å². The SMILES string of the molecule is NC(=O)C=Cc1c(O)cc2c(c1O)C(=O)[C@H]([C@H]1C(=O)c3c(O)cc(O)cc3O[C@@H]1c1ccc(O)cc1)[C@@H](c1ccc(O)cc1)O2. The number of amides is 1. The van der Waals surface area contributed by atoms with Gasteiger partial charge in [0.05, 0.1) is 17.4 Å². The number of ether oxygens (including phenoxy) is 2. The molecule has 6 rings (SSSR count). The number of hydrogen-bond acceptors (Lipinski definition) is 11. The number of carbonyl (C=O) groups is 3. The van der Waals surface area contributed by atoms with Crippen molar-refractivity contribution in [3.63, 3.8) is 0 Å².